The summed E-state index contributed by atoms with van der Waals surface area (Å²) in [6, 6.07) is 6.38. The predicted octanol–water partition coefficient (Wildman–Crippen LogP) is 2.24. The van der Waals surface area contributed by atoms with Gasteiger partial charge in [0.05, 0.1) is 10.8 Å². The van der Waals surface area contributed by atoms with E-state index in [4.69, 9.17) is 5.11 Å². The molecule has 1 aromatic rings. The van der Waals surface area contributed by atoms with Crippen molar-refractivity contribution in [3.8, 4) is 0 Å². The van der Waals surface area contributed by atoms with E-state index < -0.39 is 16.8 Å². The quantitative estimate of drug-likeness (QED) is 0.585. The number of hydrogen-bond acceptors (Lipinski definition) is 4. The number of non-ortho nitro benzene ring substituents is 1. The highest BCUT2D eigenvalue weighted by Crippen LogP contribution is 2.28. The van der Waals surface area contributed by atoms with Gasteiger partial charge in [-0.1, -0.05) is 19.1 Å². The lowest BCUT2D eigenvalue weighted by Gasteiger charge is -2.24. The van der Waals surface area contributed by atoms with Gasteiger partial charge >= 0.3 is 5.97 Å². The molecule has 0 saturated heterocycles. The predicted molar refractivity (Wildman–Crippen MR) is 83.0 cm³/mol. The smallest absolute Gasteiger partial charge is 0.308 e. The molecular formula is C16H20N2O5. The Bertz CT molecular complexity index is 612. The molecule has 0 radical (unpaired) electrons. The molecule has 1 fully saturated rings. The highest BCUT2D eigenvalue weighted by atomic mass is 16.6. The van der Waals surface area contributed by atoms with Crippen molar-refractivity contribution in [1.82, 2.24) is 4.90 Å². The van der Waals surface area contributed by atoms with Crippen LogP contribution in [0.4, 0.5) is 5.69 Å². The molecule has 1 N–H and O–H groups in total. The van der Waals surface area contributed by atoms with Gasteiger partial charge in [-0.15, -0.1) is 0 Å². The van der Waals surface area contributed by atoms with Crippen molar-refractivity contribution in [3.63, 3.8) is 0 Å². The van der Waals surface area contributed by atoms with Crippen LogP contribution in [0.5, 0.6) is 0 Å². The normalized spacial score (nSPS) is 15.0. The highest BCUT2D eigenvalue weighted by molar-refractivity contribution is 5.78. The molecule has 7 nitrogen and oxygen atoms in total. The van der Waals surface area contributed by atoms with Crippen LogP contribution in [0.3, 0.4) is 0 Å². The number of nitro benzene ring substituents is 1. The van der Waals surface area contributed by atoms with Crippen LogP contribution in [0.25, 0.3) is 0 Å². The maximum atomic E-state index is 12.4. The van der Waals surface area contributed by atoms with Crippen molar-refractivity contribution in [2.45, 2.75) is 38.6 Å². The maximum Gasteiger partial charge on any atom is 0.308 e. The second-order valence-electron chi connectivity index (χ2n) is 5.94. The van der Waals surface area contributed by atoms with Crippen LogP contribution in [0.1, 0.15) is 31.7 Å². The van der Waals surface area contributed by atoms with E-state index in [1.807, 2.05) is 0 Å². The third-order valence-electron chi connectivity index (χ3n) is 3.95. The number of carboxylic acid groups (broad SMARTS) is 1. The van der Waals surface area contributed by atoms with Gasteiger partial charge in [0, 0.05) is 31.1 Å². The fourth-order valence-corrected chi connectivity index (χ4v) is 2.43. The molecule has 1 saturated carbocycles. The number of aliphatic carboxylic acids is 1. The van der Waals surface area contributed by atoms with Crippen LogP contribution in [-0.4, -0.2) is 39.4 Å². The second-order valence-corrected chi connectivity index (χ2v) is 5.94. The summed E-state index contributed by atoms with van der Waals surface area (Å²) in [5, 5.41) is 19.8. The van der Waals surface area contributed by atoms with Crippen LogP contribution in [0.2, 0.25) is 0 Å². The minimum atomic E-state index is -0.915. The molecule has 2 rings (SSSR count). The van der Waals surface area contributed by atoms with Crippen molar-refractivity contribution in [1.29, 1.82) is 0 Å². The number of nitrogens with zero attached hydrogens (tertiary/aromatic N) is 2. The lowest BCUT2D eigenvalue weighted by atomic mass is 10.1. The molecule has 1 aromatic carbocycles. The van der Waals surface area contributed by atoms with E-state index in [0.717, 1.165) is 18.4 Å². The highest BCUT2D eigenvalue weighted by Gasteiger charge is 2.34. The van der Waals surface area contributed by atoms with E-state index >= 15 is 0 Å². The first-order chi connectivity index (χ1) is 10.9. The summed E-state index contributed by atoms with van der Waals surface area (Å²) in [7, 11) is 0. The van der Waals surface area contributed by atoms with Gasteiger partial charge in [0.1, 0.15) is 0 Å². The molecule has 0 spiro atoms. The summed E-state index contributed by atoms with van der Waals surface area (Å²) in [6.07, 6.45) is 2.46. The number of carboxylic acids is 1. The lowest BCUT2D eigenvalue weighted by molar-refractivity contribution is -0.384. The number of carbonyl (C=O) groups is 2. The fourth-order valence-electron chi connectivity index (χ4n) is 2.43. The van der Waals surface area contributed by atoms with Gasteiger partial charge in [0.2, 0.25) is 5.91 Å². The molecule has 1 atom stereocenters. The van der Waals surface area contributed by atoms with Gasteiger partial charge in [-0.2, -0.15) is 0 Å². The average Bonchev–Trinajstić information content (AvgIpc) is 3.34. The topological polar surface area (TPSA) is 101 Å². The summed E-state index contributed by atoms with van der Waals surface area (Å²) in [4.78, 5) is 35.3. The van der Waals surface area contributed by atoms with E-state index in [-0.39, 0.29) is 30.6 Å². The van der Waals surface area contributed by atoms with Crippen LogP contribution < -0.4 is 0 Å². The Balaban J connectivity index is 1.95. The minimum Gasteiger partial charge on any atom is -0.481 e. The number of carbonyl (C=O) groups excluding carboxylic acids is 1. The van der Waals surface area contributed by atoms with Crippen LogP contribution in [-0.2, 0) is 16.0 Å². The molecule has 1 aliphatic carbocycles. The SMILES string of the molecule is CC(CN(C(=O)CCc1cccc([N+](=O)[O-])c1)C1CC1)C(=O)O. The monoisotopic (exact) mass is 320 g/mol. The zero-order chi connectivity index (χ0) is 17.0. The molecule has 1 aliphatic rings. The molecule has 0 aliphatic heterocycles. The molecule has 0 aromatic heterocycles. The Kier molecular flexibility index (Phi) is 5.31. The van der Waals surface area contributed by atoms with Gasteiger partial charge < -0.3 is 10.0 Å². The summed E-state index contributed by atoms with van der Waals surface area (Å²) in [5.74, 6) is -1.60. The van der Waals surface area contributed by atoms with Gasteiger partial charge in [0.15, 0.2) is 0 Å². The first-order valence-electron chi connectivity index (χ1n) is 7.64. The molecular weight excluding hydrogens is 300 g/mol. The van der Waals surface area contributed by atoms with E-state index in [1.54, 1.807) is 24.0 Å². The number of nitro groups is 1. The number of amides is 1. The van der Waals surface area contributed by atoms with Gasteiger partial charge in [-0.25, -0.2) is 0 Å². The molecule has 0 heterocycles. The molecule has 23 heavy (non-hydrogen) atoms. The zero-order valence-electron chi connectivity index (χ0n) is 13.0. The van der Waals surface area contributed by atoms with E-state index in [2.05, 4.69) is 0 Å². The number of aryl methyl sites for hydroxylation is 1. The van der Waals surface area contributed by atoms with Crippen molar-refractivity contribution in [2.24, 2.45) is 5.92 Å². The number of hydrogen-bond donors (Lipinski definition) is 1. The van der Waals surface area contributed by atoms with Gasteiger partial charge in [-0.05, 0) is 24.8 Å². The van der Waals surface area contributed by atoms with Crippen molar-refractivity contribution < 1.29 is 19.6 Å². The van der Waals surface area contributed by atoms with Crippen LogP contribution in [0.15, 0.2) is 24.3 Å². The zero-order valence-corrected chi connectivity index (χ0v) is 13.0. The maximum absolute atomic E-state index is 12.4. The molecule has 7 heteroatoms. The largest absolute Gasteiger partial charge is 0.481 e. The summed E-state index contributed by atoms with van der Waals surface area (Å²) in [6.45, 7) is 1.80. The number of rotatable bonds is 8. The lowest BCUT2D eigenvalue weighted by Crippen LogP contribution is -2.38. The standard InChI is InChI=1S/C16H20N2O5/c1-11(16(20)21)10-17(13-6-7-13)15(19)8-5-12-3-2-4-14(9-12)18(22)23/h2-4,9,11,13H,5-8,10H2,1H3,(H,20,21). The summed E-state index contributed by atoms with van der Waals surface area (Å²) in [5.41, 5.74) is 0.739. The van der Waals surface area contributed by atoms with E-state index in [9.17, 15) is 19.7 Å². The number of benzene rings is 1. The third-order valence-corrected chi connectivity index (χ3v) is 3.95. The van der Waals surface area contributed by atoms with Crippen molar-refractivity contribution in [3.05, 3.63) is 39.9 Å². The molecule has 0 bridgehead atoms. The van der Waals surface area contributed by atoms with Gasteiger partial charge in [-0.3, -0.25) is 19.7 Å². The summed E-state index contributed by atoms with van der Waals surface area (Å²) < 4.78 is 0. The minimum absolute atomic E-state index is 0.00787. The Labute approximate surface area is 134 Å². The Morgan fingerprint density at radius 3 is 2.70 bits per heavy atom. The Morgan fingerprint density at radius 1 is 1.43 bits per heavy atom. The van der Waals surface area contributed by atoms with Crippen molar-refractivity contribution >= 4 is 17.6 Å². The average molecular weight is 320 g/mol. The van der Waals surface area contributed by atoms with Crippen LogP contribution >= 0.6 is 0 Å². The summed E-state index contributed by atoms with van der Waals surface area (Å²) >= 11 is 0. The van der Waals surface area contributed by atoms with E-state index in [0.29, 0.717) is 6.42 Å². The molecule has 1 unspecified atom stereocenters. The Hall–Kier alpha value is -2.44. The first kappa shape index (κ1) is 16.9. The van der Waals surface area contributed by atoms with E-state index in [1.165, 1.54) is 12.1 Å². The molecule has 1 amide bonds. The Morgan fingerprint density at radius 2 is 2.13 bits per heavy atom. The van der Waals surface area contributed by atoms with Crippen LogP contribution in [0, 0.1) is 16.0 Å². The van der Waals surface area contributed by atoms with Gasteiger partial charge in [0.25, 0.3) is 5.69 Å². The first-order valence-corrected chi connectivity index (χ1v) is 7.64. The molecule has 124 valence electrons. The second kappa shape index (κ2) is 7.21. The van der Waals surface area contributed by atoms with Crippen molar-refractivity contribution in [2.75, 3.05) is 6.54 Å². The third kappa shape index (κ3) is 4.77. The fraction of sp³-hybridized carbons (Fsp3) is 0.500.